The highest BCUT2D eigenvalue weighted by atomic mass is 33.1. The van der Waals surface area contributed by atoms with Crippen molar-refractivity contribution < 1.29 is 106 Å². The molecule has 3 aromatic rings. The molecule has 33 heteroatoms. The van der Waals surface area contributed by atoms with Crippen LogP contribution in [0.25, 0.3) is 0 Å². The highest BCUT2D eigenvalue weighted by molar-refractivity contribution is 8.76. The van der Waals surface area contributed by atoms with Gasteiger partial charge >= 0.3 is 35.9 Å². The average Bonchev–Trinajstić information content (AvgIpc) is 0.936. The number of esters is 4. The SMILES string of the molecule is CCCCOC(=O)N[C@@H](c1ccccc1)[C@@H](OC(=O)CCCSSC[C@@H]1NC(=O)[C@@H](Cc2ccccc2)NC(=O)[C@H](CC(=O)O)NC(=O)CNC(=O)[C@H](CCCN=C(N)N)NC1=O)C(=O)O[C@H]1C[C@@]2(O)[C@@H](OC(=O)c3ccccc3)[C@@H]3CO[C@@H](COC(C)=O)C[C@H](OC)[C@@]3(C)C(=O)[C@H](OC)C(=C1C)C2(C)C. The lowest BCUT2D eigenvalue weighted by atomic mass is 9.50. The van der Waals surface area contributed by atoms with Gasteiger partial charge in [-0.25, -0.2) is 14.4 Å². The summed E-state index contributed by atoms with van der Waals surface area (Å²) in [6.45, 7) is 8.32. The van der Waals surface area contributed by atoms with Gasteiger partial charge in [0.25, 0.3) is 0 Å². The van der Waals surface area contributed by atoms with Gasteiger partial charge in [-0.05, 0) is 73.9 Å². The summed E-state index contributed by atoms with van der Waals surface area (Å²) in [6, 6.07) is 17.0. The molecular weight excluding hydrogens is 1420 g/mol. The molecule has 578 valence electrons. The highest BCUT2D eigenvalue weighted by Gasteiger charge is 2.69. The molecule has 2 aliphatic carbocycles. The van der Waals surface area contributed by atoms with Crippen molar-refractivity contribution in [2.24, 2.45) is 33.2 Å². The minimum absolute atomic E-state index is 0.00337. The van der Waals surface area contributed by atoms with E-state index in [1.807, 2.05) is 6.92 Å². The van der Waals surface area contributed by atoms with Crippen molar-refractivity contribution in [3.8, 4) is 0 Å². The number of ether oxygens (including phenoxy) is 8. The number of amides is 6. The Morgan fingerprint density at radius 1 is 0.774 bits per heavy atom. The van der Waals surface area contributed by atoms with Crippen LogP contribution in [0.15, 0.2) is 107 Å². The molecular formula is C73H97N9O22S2. The molecule has 0 radical (unpaired) electrons. The second kappa shape index (κ2) is 39.4. The van der Waals surface area contributed by atoms with Gasteiger partial charge in [-0.3, -0.25) is 48.1 Å². The Morgan fingerprint density at radius 3 is 2.06 bits per heavy atom. The molecule has 14 atom stereocenters. The summed E-state index contributed by atoms with van der Waals surface area (Å²) in [5, 5.41) is 39.1. The minimum atomic E-state index is -2.31. The van der Waals surface area contributed by atoms with Gasteiger partial charge in [0.15, 0.2) is 11.7 Å². The van der Waals surface area contributed by atoms with Gasteiger partial charge in [0.2, 0.25) is 35.6 Å². The molecule has 3 fully saturated rings. The number of guanidine groups is 1. The maximum Gasteiger partial charge on any atom is 0.407 e. The van der Waals surface area contributed by atoms with E-state index >= 15 is 9.59 Å². The summed E-state index contributed by atoms with van der Waals surface area (Å²) in [6.07, 6.45) is -10.3. The fourth-order valence-corrected chi connectivity index (χ4v) is 15.8. The van der Waals surface area contributed by atoms with Crippen LogP contribution in [0.3, 0.4) is 0 Å². The lowest BCUT2D eigenvalue weighted by Crippen LogP contribution is -2.70. The Kier molecular flexibility index (Phi) is 31.3. The number of fused-ring (bicyclic) bond motifs is 3. The van der Waals surface area contributed by atoms with Gasteiger partial charge in [-0.1, -0.05) is 128 Å². The molecule has 12 N–H and O–H groups in total. The first-order valence-electron chi connectivity index (χ1n) is 34.9. The molecule has 2 heterocycles. The van der Waals surface area contributed by atoms with Crippen molar-refractivity contribution in [1.82, 2.24) is 31.9 Å². The third kappa shape index (κ3) is 22.0. The zero-order chi connectivity index (χ0) is 77.5. The minimum Gasteiger partial charge on any atom is -0.481 e. The molecule has 0 aromatic heterocycles. The van der Waals surface area contributed by atoms with E-state index in [9.17, 15) is 58.2 Å². The Hall–Kier alpha value is -9.15. The van der Waals surface area contributed by atoms with Gasteiger partial charge in [-0.2, -0.15) is 0 Å². The topological polar surface area (TPSA) is 456 Å². The smallest absolute Gasteiger partial charge is 0.407 e. The van der Waals surface area contributed by atoms with Crippen LogP contribution < -0.4 is 43.4 Å². The van der Waals surface area contributed by atoms with Crippen LogP contribution in [0.4, 0.5) is 4.79 Å². The number of ketones is 1. The number of carboxylic acid groups (broad SMARTS) is 1. The monoisotopic (exact) mass is 1520 g/mol. The van der Waals surface area contributed by atoms with Crippen LogP contribution in [-0.2, 0) is 92.3 Å². The Balaban J connectivity index is 1.19. The first-order chi connectivity index (χ1) is 50.5. The van der Waals surface area contributed by atoms with Crippen LogP contribution in [0, 0.1) is 16.7 Å². The van der Waals surface area contributed by atoms with Crippen LogP contribution in [0.1, 0.15) is 127 Å². The summed E-state index contributed by atoms with van der Waals surface area (Å²) >= 11 is 0. The predicted octanol–water partition coefficient (Wildman–Crippen LogP) is 3.37. The first-order valence-corrected chi connectivity index (χ1v) is 37.4. The molecule has 2 saturated heterocycles. The number of carbonyl (C=O) groups is 12. The average molecular weight is 1520 g/mol. The zero-order valence-corrected chi connectivity index (χ0v) is 62.2. The van der Waals surface area contributed by atoms with Crippen LogP contribution in [0.2, 0.25) is 0 Å². The van der Waals surface area contributed by atoms with Gasteiger partial charge in [0, 0.05) is 76.2 Å². The van der Waals surface area contributed by atoms with E-state index in [-0.39, 0.29) is 105 Å². The molecule has 0 spiro atoms. The fourth-order valence-electron chi connectivity index (χ4n) is 13.6. The second-order valence-electron chi connectivity index (χ2n) is 27.0. The maximum atomic E-state index is 15.9. The van der Waals surface area contributed by atoms with E-state index in [2.05, 4.69) is 36.9 Å². The van der Waals surface area contributed by atoms with Crippen molar-refractivity contribution >= 4 is 98.8 Å². The lowest BCUT2D eigenvalue weighted by Gasteiger charge is -2.59. The summed E-state index contributed by atoms with van der Waals surface area (Å²) in [5.74, 6) is -11.8. The molecule has 106 heavy (non-hydrogen) atoms. The number of rotatable bonds is 30. The second-order valence-corrected chi connectivity index (χ2v) is 29.6. The van der Waals surface area contributed by atoms with Crippen molar-refractivity contribution in [3.05, 3.63) is 119 Å². The molecule has 2 bridgehead atoms. The molecule has 6 amide bonds. The number of hydrogen-bond donors (Lipinski definition) is 10. The van der Waals surface area contributed by atoms with E-state index in [1.165, 1.54) is 33.3 Å². The Bertz CT molecular complexity index is 3660. The third-order valence-electron chi connectivity index (χ3n) is 19.4. The fraction of sp³-hybridized carbons (Fsp3) is 0.548. The van der Waals surface area contributed by atoms with Gasteiger partial charge in [-0.15, -0.1) is 0 Å². The van der Waals surface area contributed by atoms with Crippen LogP contribution in [0.5, 0.6) is 0 Å². The number of carbonyl (C=O) groups excluding carboxylic acids is 11. The number of nitrogens with two attached hydrogens (primary N) is 2. The van der Waals surface area contributed by atoms with E-state index in [0.717, 1.165) is 21.6 Å². The number of aliphatic carboxylic acids is 1. The number of nitrogens with one attached hydrogen (secondary N) is 6. The van der Waals surface area contributed by atoms with Gasteiger partial charge in [0.05, 0.1) is 49.4 Å². The third-order valence-corrected chi connectivity index (χ3v) is 21.9. The van der Waals surface area contributed by atoms with Crippen molar-refractivity contribution in [2.75, 3.05) is 58.6 Å². The Morgan fingerprint density at radius 2 is 1.42 bits per heavy atom. The van der Waals surface area contributed by atoms with E-state index in [1.54, 1.807) is 107 Å². The van der Waals surface area contributed by atoms with Crippen LogP contribution in [-0.4, -0.2) is 212 Å². The highest BCUT2D eigenvalue weighted by Crippen LogP contribution is 2.59. The first kappa shape index (κ1) is 84.1. The lowest BCUT2D eigenvalue weighted by molar-refractivity contribution is -0.221. The molecule has 31 nitrogen and oxygen atoms in total. The van der Waals surface area contributed by atoms with E-state index < -0.39 is 180 Å². The normalized spacial score (nSPS) is 26.2. The number of hydrogen-bond acceptors (Lipinski definition) is 24. The summed E-state index contributed by atoms with van der Waals surface area (Å²) < 4.78 is 48.9. The number of aliphatic hydroxyl groups is 1. The largest absolute Gasteiger partial charge is 0.481 e. The molecule has 0 unspecified atom stereocenters. The van der Waals surface area contributed by atoms with Crippen molar-refractivity contribution in [1.29, 1.82) is 0 Å². The molecule has 3 aromatic carbocycles. The molecule has 4 aliphatic rings. The van der Waals surface area contributed by atoms with Crippen molar-refractivity contribution in [3.63, 3.8) is 0 Å². The summed E-state index contributed by atoms with van der Waals surface area (Å²) in [7, 11) is 4.93. The van der Waals surface area contributed by atoms with E-state index in [4.69, 9.17) is 49.4 Å². The molecule has 2 aliphatic heterocycles. The standard InChI is InChI=1S/C73H97N9O22S2/c1-9-10-31-99-70(95)82-58(44-24-16-12-17-25-44)60(68(94)102-52-36-73(96)62(104-67(93)45-26-18-13-19-27-45)47-39-101-46(38-100-42(3)83)34-53(97-7)72(47,6)61(88)59(98-8)57(41(52)2)71(73,4)5)103-56(87)29-21-32-105-106-40-51-66(92)79-48(28-20-30-76-69(74)75)63(89)77-37-54(84)78-50(35-55(85)86)65(91)80-49(64(90)81-51)33-43-22-14-11-15-23-43/h11-19,22-27,46-53,58-60,62,96H,9-10,20-21,28-40H2,1-8H3,(H,77,89)(H,78,84)(H,79,92)(H,80,91)(H,81,90)(H,82,95)(H,85,86)(H4,74,75,76)/t46-,47+,48+,49-,50+,51+,52+,53+,58+,59-,60-,62+,72+,73-/m1/s1. The number of alkyl carbamates (subject to hydrolysis) is 1. The maximum absolute atomic E-state index is 15.9. The number of unbranched alkanes of at least 4 members (excludes halogenated alkanes) is 1. The quantitative estimate of drug-likeness (QED) is 0.00870. The van der Waals surface area contributed by atoms with E-state index in [0.29, 0.717) is 18.4 Å². The summed E-state index contributed by atoms with van der Waals surface area (Å²) in [4.78, 5) is 172. The zero-order valence-electron chi connectivity index (χ0n) is 60.6. The predicted molar refractivity (Wildman–Crippen MR) is 386 cm³/mol. The van der Waals surface area contributed by atoms with Gasteiger partial charge < -0.3 is 91.5 Å². The molecule has 7 rings (SSSR count). The van der Waals surface area contributed by atoms with Crippen molar-refractivity contribution in [2.45, 2.75) is 178 Å². The number of carboxylic acids is 1. The number of aliphatic imine (C=N–C) groups is 1. The summed E-state index contributed by atoms with van der Waals surface area (Å²) in [5.41, 5.74) is 6.77. The number of benzene rings is 3. The number of Topliss-reactive ketones (excluding diaryl/α,β-unsaturated/α-hetero) is 1. The van der Waals surface area contributed by atoms with Gasteiger partial charge in [0.1, 0.15) is 60.7 Å². The Labute approximate surface area is 622 Å². The van der Waals surface area contributed by atoms with Crippen LogP contribution >= 0.6 is 21.6 Å². The number of nitrogens with zero attached hydrogens (tertiary/aromatic N) is 1. The number of methoxy groups -OCH3 is 2. The molecule has 1 saturated carbocycles.